The normalized spacial score (nSPS) is 17.2. The second kappa shape index (κ2) is 8.58. The molecule has 1 aromatic heterocycles. The minimum atomic E-state index is 0.532. The molecule has 0 amide bonds. The zero-order valence-corrected chi connectivity index (χ0v) is 17.9. The number of hydrogen-bond acceptors (Lipinski definition) is 5. The summed E-state index contributed by atoms with van der Waals surface area (Å²) in [5.41, 5.74) is 5.89. The van der Waals surface area contributed by atoms with Crippen molar-refractivity contribution in [2.24, 2.45) is 0 Å². The van der Waals surface area contributed by atoms with Gasteiger partial charge in [0.05, 0.1) is 0 Å². The summed E-state index contributed by atoms with van der Waals surface area (Å²) >= 11 is 1.96. The molecule has 148 valence electrons. The van der Waals surface area contributed by atoms with Crippen LogP contribution in [0, 0.1) is 13.8 Å². The van der Waals surface area contributed by atoms with Crippen LogP contribution in [0.4, 0.5) is 5.69 Å². The molecule has 4 rings (SSSR count). The van der Waals surface area contributed by atoms with Crippen LogP contribution in [0.5, 0.6) is 0 Å². The first kappa shape index (κ1) is 19.3. The van der Waals surface area contributed by atoms with Gasteiger partial charge in [0.2, 0.25) is 0 Å². The highest BCUT2D eigenvalue weighted by atomic mass is 32.2. The molecule has 0 radical (unpaired) electrons. The molecule has 0 bridgehead atoms. The van der Waals surface area contributed by atoms with E-state index in [1.807, 2.05) is 11.9 Å². The van der Waals surface area contributed by atoms with Gasteiger partial charge in [-0.3, -0.25) is 9.29 Å². The highest BCUT2D eigenvalue weighted by Crippen LogP contribution is 2.24. The molecule has 5 heteroatoms. The van der Waals surface area contributed by atoms with E-state index in [0.29, 0.717) is 6.04 Å². The van der Waals surface area contributed by atoms with Crippen LogP contribution in [0.2, 0.25) is 0 Å². The Bertz CT molecular complexity index is 941. The fourth-order valence-electron chi connectivity index (χ4n) is 4.15. The lowest BCUT2D eigenvalue weighted by Gasteiger charge is -2.32. The molecule has 0 atom stereocenters. The lowest BCUT2D eigenvalue weighted by atomic mass is 9.99. The van der Waals surface area contributed by atoms with E-state index in [2.05, 4.69) is 77.2 Å². The number of nitrogens with zero attached hydrogens (tertiary/aromatic N) is 2. The maximum absolute atomic E-state index is 4.54. The minimum absolute atomic E-state index is 0.532. The zero-order chi connectivity index (χ0) is 19.5. The first-order valence-corrected chi connectivity index (χ1v) is 11.2. The molecule has 0 saturated carbocycles. The number of nitrogens with one attached hydrogen (secondary N) is 2. The smallest absolute Gasteiger partial charge is 0.0442 e. The molecule has 2 aliphatic rings. The molecular formula is C23H30N4S. The van der Waals surface area contributed by atoms with Crippen LogP contribution in [0.25, 0.3) is 23.4 Å². The Morgan fingerprint density at radius 2 is 1.82 bits per heavy atom. The maximum Gasteiger partial charge on any atom is 0.0442 e. The number of anilines is 1. The second-order valence-electron chi connectivity index (χ2n) is 7.69. The Morgan fingerprint density at radius 3 is 2.54 bits per heavy atom. The molecular weight excluding hydrogens is 364 g/mol. The molecule has 0 unspecified atom stereocenters. The van der Waals surface area contributed by atoms with Crippen molar-refractivity contribution in [2.45, 2.75) is 39.7 Å². The van der Waals surface area contributed by atoms with Gasteiger partial charge in [0, 0.05) is 59.9 Å². The predicted octanol–water partition coefficient (Wildman–Crippen LogP) is 3.03. The molecule has 1 saturated heterocycles. The molecule has 2 aromatic rings. The van der Waals surface area contributed by atoms with Crippen LogP contribution in [-0.4, -0.2) is 40.7 Å². The van der Waals surface area contributed by atoms with Gasteiger partial charge in [0.25, 0.3) is 0 Å². The number of pyridine rings is 1. The lowest BCUT2D eigenvalue weighted by Crippen LogP contribution is -2.40. The van der Waals surface area contributed by atoms with Gasteiger partial charge in [-0.15, -0.1) is 0 Å². The standard InChI is InChI=1S/C23H30N4S/c1-4-28-27-9-6-21(7-10-27)26-23-14-20(13-18-5-8-24-15-22(18)23)19-11-16(2)25-17(3)12-19/h5,11-15,21,24,26H,4,6-10H2,1-3H3. The van der Waals surface area contributed by atoms with Crippen LogP contribution in [-0.2, 0) is 0 Å². The number of aryl methyl sites for hydroxylation is 2. The first-order chi connectivity index (χ1) is 13.6. The average molecular weight is 395 g/mol. The number of piperidine rings is 1. The van der Waals surface area contributed by atoms with Gasteiger partial charge >= 0.3 is 0 Å². The van der Waals surface area contributed by atoms with Crippen molar-refractivity contribution in [2.75, 3.05) is 30.7 Å². The second-order valence-corrected chi connectivity index (χ2v) is 9.04. The SMILES string of the molecule is CCSN1CCC(Nc2cc(-c3cc(C)nc(C)c3)cc3c2=CNCC=3)CC1. The molecule has 28 heavy (non-hydrogen) atoms. The third kappa shape index (κ3) is 4.36. The number of hydrogen-bond donors (Lipinski definition) is 2. The van der Waals surface area contributed by atoms with E-state index in [1.54, 1.807) is 0 Å². The van der Waals surface area contributed by atoms with Gasteiger partial charge in [0.1, 0.15) is 0 Å². The Hall–Kier alpha value is -1.98. The molecule has 0 aliphatic carbocycles. The Kier molecular flexibility index (Phi) is 5.93. The van der Waals surface area contributed by atoms with Gasteiger partial charge in [-0.25, -0.2) is 0 Å². The van der Waals surface area contributed by atoms with E-state index in [1.165, 1.54) is 40.1 Å². The zero-order valence-electron chi connectivity index (χ0n) is 17.1. The summed E-state index contributed by atoms with van der Waals surface area (Å²) in [6.07, 6.45) is 6.82. The highest BCUT2D eigenvalue weighted by Gasteiger charge is 2.19. The van der Waals surface area contributed by atoms with Crippen molar-refractivity contribution in [3.8, 4) is 11.1 Å². The Labute approximate surface area is 172 Å². The molecule has 2 aliphatic heterocycles. The molecule has 4 nitrogen and oxygen atoms in total. The Morgan fingerprint density at radius 1 is 1.11 bits per heavy atom. The van der Waals surface area contributed by atoms with Gasteiger partial charge in [-0.1, -0.05) is 24.9 Å². The number of aromatic nitrogens is 1. The summed E-state index contributed by atoms with van der Waals surface area (Å²) in [5.74, 6) is 1.16. The first-order valence-electron chi connectivity index (χ1n) is 10.3. The molecule has 3 heterocycles. The summed E-state index contributed by atoms with van der Waals surface area (Å²) in [7, 11) is 0. The predicted molar refractivity (Wildman–Crippen MR) is 122 cm³/mol. The fraction of sp³-hybridized carbons (Fsp3) is 0.435. The van der Waals surface area contributed by atoms with Crippen molar-refractivity contribution in [1.82, 2.24) is 14.6 Å². The monoisotopic (exact) mass is 394 g/mol. The van der Waals surface area contributed by atoms with Crippen LogP contribution < -0.4 is 21.1 Å². The fourth-order valence-corrected chi connectivity index (χ4v) is 4.99. The topological polar surface area (TPSA) is 40.2 Å². The van der Waals surface area contributed by atoms with Crippen LogP contribution >= 0.6 is 11.9 Å². The molecule has 1 fully saturated rings. The van der Waals surface area contributed by atoms with Gasteiger partial charge in [-0.05, 0) is 67.3 Å². The van der Waals surface area contributed by atoms with Gasteiger partial charge in [0.15, 0.2) is 0 Å². The average Bonchev–Trinajstić information content (AvgIpc) is 2.69. The third-order valence-electron chi connectivity index (χ3n) is 5.44. The summed E-state index contributed by atoms with van der Waals surface area (Å²) in [6, 6.07) is 9.53. The van der Waals surface area contributed by atoms with Crippen molar-refractivity contribution in [3.63, 3.8) is 0 Å². The minimum Gasteiger partial charge on any atom is -0.387 e. The van der Waals surface area contributed by atoms with Crippen molar-refractivity contribution < 1.29 is 0 Å². The van der Waals surface area contributed by atoms with Crippen LogP contribution in [0.3, 0.4) is 0 Å². The summed E-state index contributed by atoms with van der Waals surface area (Å²) in [4.78, 5) is 4.54. The molecule has 2 N–H and O–H groups in total. The van der Waals surface area contributed by atoms with E-state index < -0.39 is 0 Å². The largest absolute Gasteiger partial charge is 0.387 e. The van der Waals surface area contributed by atoms with Crippen molar-refractivity contribution >= 4 is 29.9 Å². The highest BCUT2D eigenvalue weighted by molar-refractivity contribution is 7.96. The summed E-state index contributed by atoms with van der Waals surface area (Å²) in [6.45, 7) is 9.58. The number of rotatable bonds is 5. The summed E-state index contributed by atoms with van der Waals surface area (Å²) in [5, 5.41) is 9.84. The van der Waals surface area contributed by atoms with Crippen LogP contribution in [0.15, 0.2) is 24.3 Å². The van der Waals surface area contributed by atoms with E-state index >= 15 is 0 Å². The molecule has 0 spiro atoms. The van der Waals surface area contributed by atoms with Crippen molar-refractivity contribution in [1.29, 1.82) is 0 Å². The number of fused-ring (bicyclic) bond motifs is 1. The lowest BCUT2D eigenvalue weighted by molar-refractivity contribution is 0.358. The van der Waals surface area contributed by atoms with Crippen molar-refractivity contribution in [3.05, 3.63) is 46.1 Å². The van der Waals surface area contributed by atoms with Gasteiger partial charge < -0.3 is 10.6 Å². The van der Waals surface area contributed by atoms with E-state index in [-0.39, 0.29) is 0 Å². The van der Waals surface area contributed by atoms with E-state index in [4.69, 9.17) is 0 Å². The number of benzene rings is 1. The Balaban J connectivity index is 1.65. The van der Waals surface area contributed by atoms with Crippen LogP contribution in [0.1, 0.15) is 31.2 Å². The molecule has 1 aromatic carbocycles. The van der Waals surface area contributed by atoms with Gasteiger partial charge in [-0.2, -0.15) is 0 Å². The van der Waals surface area contributed by atoms with E-state index in [9.17, 15) is 0 Å². The van der Waals surface area contributed by atoms with E-state index in [0.717, 1.165) is 36.8 Å². The maximum atomic E-state index is 4.54. The quantitative estimate of drug-likeness (QED) is 0.763. The summed E-state index contributed by atoms with van der Waals surface area (Å²) < 4.78 is 2.51. The third-order valence-corrected chi connectivity index (χ3v) is 6.43.